The third kappa shape index (κ3) is 4.44. The van der Waals surface area contributed by atoms with Gasteiger partial charge >= 0.3 is 0 Å². The van der Waals surface area contributed by atoms with Gasteiger partial charge in [-0.25, -0.2) is 0 Å². The number of carbonyl (C=O) groups is 1. The maximum atomic E-state index is 12.1. The van der Waals surface area contributed by atoms with Gasteiger partial charge in [0.2, 0.25) is 0 Å². The van der Waals surface area contributed by atoms with E-state index >= 15 is 0 Å². The first-order valence-corrected chi connectivity index (χ1v) is 6.72. The van der Waals surface area contributed by atoms with Crippen molar-refractivity contribution >= 4 is 23.2 Å². The van der Waals surface area contributed by atoms with Crippen molar-refractivity contribution in [1.29, 1.82) is 0 Å². The molecule has 2 aromatic rings. The molecule has 1 aromatic heterocycles. The van der Waals surface area contributed by atoms with Crippen LogP contribution in [0.15, 0.2) is 42.6 Å². The highest BCUT2D eigenvalue weighted by molar-refractivity contribution is 6.31. The normalized spacial score (nSPS) is 10.2. The molecular weight excluding hydrogens is 292 g/mol. The Morgan fingerprint density at radius 2 is 2.14 bits per heavy atom. The minimum Gasteiger partial charge on any atom is -0.489 e. The molecule has 0 aliphatic rings. The molecule has 0 unspecified atom stereocenters. The molecule has 1 aromatic carbocycles. The molecule has 0 aliphatic carbocycles. The van der Waals surface area contributed by atoms with Crippen LogP contribution < -0.4 is 10.1 Å². The molecule has 0 atom stereocenters. The highest BCUT2D eigenvalue weighted by atomic mass is 35.5. The molecule has 1 N–H and O–H groups in total. The first-order chi connectivity index (χ1) is 10.2. The number of rotatable bonds is 6. The van der Waals surface area contributed by atoms with Crippen LogP contribution in [0.3, 0.4) is 0 Å². The zero-order valence-electron chi connectivity index (χ0n) is 11.5. The molecule has 0 spiro atoms. The van der Waals surface area contributed by atoms with Crippen LogP contribution >= 0.6 is 11.6 Å². The summed E-state index contributed by atoms with van der Waals surface area (Å²) >= 11 is 5.96. The van der Waals surface area contributed by atoms with Crippen molar-refractivity contribution in [3.05, 3.63) is 53.3 Å². The lowest BCUT2D eigenvalue weighted by molar-refractivity contribution is 0.102. The smallest absolute Gasteiger partial charge is 0.274 e. The van der Waals surface area contributed by atoms with E-state index in [0.717, 1.165) is 0 Å². The number of anilines is 1. The van der Waals surface area contributed by atoms with Crippen molar-refractivity contribution in [2.24, 2.45) is 0 Å². The quantitative estimate of drug-likeness (QED) is 0.833. The van der Waals surface area contributed by atoms with E-state index in [9.17, 15) is 4.79 Å². The standard InChI is InChI=1S/C15H15ClN2O3/c1-20-8-9-21-14-6-5-11(16)10-13(14)18-15(19)12-4-2-3-7-17-12/h2-7,10H,8-9H2,1H3,(H,18,19). The second kappa shape index (κ2) is 7.61. The van der Waals surface area contributed by atoms with Crippen molar-refractivity contribution in [2.75, 3.05) is 25.6 Å². The summed E-state index contributed by atoms with van der Waals surface area (Å²) in [6.45, 7) is 0.834. The first-order valence-electron chi connectivity index (χ1n) is 6.34. The summed E-state index contributed by atoms with van der Waals surface area (Å²) < 4.78 is 10.5. The summed E-state index contributed by atoms with van der Waals surface area (Å²) in [5, 5.41) is 3.25. The fourth-order valence-electron chi connectivity index (χ4n) is 1.64. The summed E-state index contributed by atoms with van der Waals surface area (Å²) in [7, 11) is 1.59. The minimum absolute atomic E-state index is 0.320. The Morgan fingerprint density at radius 3 is 2.86 bits per heavy atom. The van der Waals surface area contributed by atoms with Gasteiger partial charge in [0.15, 0.2) is 0 Å². The van der Waals surface area contributed by atoms with E-state index in [-0.39, 0.29) is 5.91 Å². The number of aromatic nitrogens is 1. The fraction of sp³-hybridized carbons (Fsp3) is 0.200. The summed E-state index contributed by atoms with van der Waals surface area (Å²) in [6.07, 6.45) is 1.56. The number of nitrogens with one attached hydrogen (secondary N) is 1. The number of benzene rings is 1. The van der Waals surface area contributed by atoms with Gasteiger partial charge in [0.1, 0.15) is 18.1 Å². The number of carbonyl (C=O) groups excluding carboxylic acids is 1. The molecule has 2 rings (SSSR count). The van der Waals surface area contributed by atoms with Crippen LogP contribution in [0.5, 0.6) is 5.75 Å². The van der Waals surface area contributed by atoms with Gasteiger partial charge in [-0.05, 0) is 30.3 Å². The van der Waals surface area contributed by atoms with E-state index in [1.54, 1.807) is 49.7 Å². The maximum absolute atomic E-state index is 12.1. The second-order valence-corrected chi connectivity index (χ2v) is 4.59. The highest BCUT2D eigenvalue weighted by Gasteiger charge is 2.11. The molecule has 21 heavy (non-hydrogen) atoms. The molecule has 5 nitrogen and oxygen atoms in total. The average molecular weight is 307 g/mol. The van der Waals surface area contributed by atoms with Crippen molar-refractivity contribution in [2.45, 2.75) is 0 Å². The third-order valence-corrected chi connectivity index (χ3v) is 2.87. The lowest BCUT2D eigenvalue weighted by atomic mass is 10.2. The molecule has 0 saturated carbocycles. The average Bonchev–Trinajstić information content (AvgIpc) is 2.50. The zero-order valence-corrected chi connectivity index (χ0v) is 12.3. The molecule has 0 aliphatic heterocycles. The van der Waals surface area contributed by atoms with Crippen LogP contribution in [-0.2, 0) is 4.74 Å². The van der Waals surface area contributed by atoms with Crippen molar-refractivity contribution in [1.82, 2.24) is 4.98 Å². The van der Waals surface area contributed by atoms with Crippen LogP contribution in [0, 0.1) is 0 Å². The summed E-state index contributed by atoms with van der Waals surface area (Å²) in [6, 6.07) is 10.1. The number of hydrogen-bond acceptors (Lipinski definition) is 4. The predicted molar refractivity (Wildman–Crippen MR) is 81.0 cm³/mol. The molecule has 6 heteroatoms. The summed E-state index contributed by atoms with van der Waals surface area (Å²) in [4.78, 5) is 16.1. The lowest BCUT2D eigenvalue weighted by Gasteiger charge is -2.12. The predicted octanol–water partition coefficient (Wildman–Crippen LogP) is 3.01. The number of halogens is 1. The van der Waals surface area contributed by atoms with E-state index in [4.69, 9.17) is 21.1 Å². The van der Waals surface area contributed by atoms with Crippen LogP contribution in [0.4, 0.5) is 5.69 Å². The van der Waals surface area contributed by atoms with Crippen LogP contribution in [0.1, 0.15) is 10.5 Å². The Bertz CT molecular complexity index is 605. The topological polar surface area (TPSA) is 60.5 Å². The molecule has 1 heterocycles. The monoisotopic (exact) mass is 306 g/mol. The lowest BCUT2D eigenvalue weighted by Crippen LogP contribution is -2.15. The third-order valence-electron chi connectivity index (χ3n) is 2.63. The van der Waals surface area contributed by atoms with E-state index in [0.29, 0.717) is 35.4 Å². The summed E-state index contributed by atoms with van der Waals surface area (Å²) in [5.74, 6) is 0.204. The number of pyridine rings is 1. The van der Waals surface area contributed by atoms with Crippen molar-refractivity contribution < 1.29 is 14.3 Å². The molecule has 0 fully saturated rings. The first kappa shape index (κ1) is 15.3. The van der Waals surface area contributed by atoms with E-state index in [2.05, 4.69) is 10.3 Å². The molecule has 0 saturated heterocycles. The van der Waals surface area contributed by atoms with Crippen molar-refractivity contribution in [3.8, 4) is 5.75 Å². The van der Waals surface area contributed by atoms with E-state index in [1.807, 2.05) is 0 Å². The second-order valence-electron chi connectivity index (χ2n) is 4.15. The SMILES string of the molecule is COCCOc1ccc(Cl)cc1NC(=O)c1ccccn1. The Morgan fingerprint density at radius 1 is 1.29 bits per heavy atom. The fourth-order valence-corrected chi connectivity index (χ4v) is 1.82. The highest BCUT2D eigenvalue weighted by Crippen LogP contribution is 2.28. The maximum Gasteiger partial charge on any atom is 0.274 e. The Kier molecular flexibility index (Phi) is 5.54. The van der Waals surface area contributed by atoms with Crippen LogP contribution in [0.25, 0.3) is 0 Å². The minimum atomic E-state index is -0.325. The van der Waals surface area contributed by atoms with Gasteiger partial charge in [0, 0.05) is 18.3 Å². The van der Waals surface area contributed by atoms with Gasteiger partial charge in [0.05, 0.1) is 12.3 Å². The zero-order chi connectivity index (χ0) is 15.1. The van der Waals surface area contributed by atoms with E-state index in [1.165, 1.54) is 0 Å². The Labute approximate surface area is 127 Å². The van der Waals surface area contributed by atoms with Crippen LogP contribution in [-0.4, -0.2) is 31.2 Å². The van der Waals surface area contributed by atoms with Gasteiger partial charge in [-0.1, -0.05) is 17.7 Å². The van der Waals surface area contributed by atoms with Gasteiger partial charge in [-0.2, -0.15) is 0 Å². The van der Waals surface area contributed by atoms with Gasteiger partial charge < -0.3 is 14.8 Å². The van der Waals surface area contributed by atoms with Gasteiger partial charge in [-0.3, -0.25) is 9.78 Å². The summed E-state index contributed by atoms with van der Waals surface area (Å²) in [5.41, 5.74) is 0.814. The Balaban J connectivity index is 2.14. The molecule has 1 amide bonds. The number of methoxy groups -OCH3 is 1. The number of amides is 1. The molecule has 0 bridgehead atoms. The largest absolute Gasteiger partial charge is 0.489 e. The molecule has 0 radical (unpaired) electrons. The van der Waals surface area contributed by atoms with Crippen molar-refractivity contribution in [3.63, 3.8) is 0 Å². The number of nitrogens with zero attached hydrogens (tertiary/aromatic N) is 1. The van der Waals surface area contributed by atoms with Crippen LogP contribution in [0.2, 0.25) is 5.02 Å². The Hall–Kier alpha value is -2.11. The van der Waals surface area contributed by atoms with E-state index < -0.39 is 0 Å². The van der Waals surface area contributed by atoms with Gasteiger partial charge in [-0.15, -0.1) is 0 Å². The molecular formula is C15H15ClN2O3. The molecule has 110 valence electrons. The van der Waals surface area contributed by atoms with Gasteiger partial charge in [0.25, 0.3) is 5.91 Å². The number of hydrogen-bond donors (Lipinski definition) is 1. The number of ether oxygens (including phenoxy) is 2.